The summed E-state index contributed by atoms with van der Waals surface area (Å²) in [6, 6.07) is -0.880. The van der Waals surface area contributed by atoms with Crippen molar-refractivity contribution in [1.29, 1.82) is 0 Å². The van der Waals surface area contributed by atoms with E-state index in [1.54, 1.807) is 0 Å². The largest absolute Gasteiger partial charge is 0.475 e. The van der Waals surface area contributed by atoms with E-state index < -0.39 is 25.8 Å². The summed E-state index contributed by atoms with van der Waals surface area (Å²) in [6.07, 6.45) is 17.1. The average Bonchev–Trinajstić information content (AvgIpc) is 3.01. The summed E-state index contributed by atoms with van der Waals surface area (Å²) in [5, 5.41) is 5.89. The smallest absolute Gasteiger partial charge is 0.461 e. The van der Waals surface area contributed by atoms with Crippen molar-refractivity contribution in [3.8, 4) is 36.0 Å². The number of hydrogen-bond acceptors (Lipinski definition) is 9. The fraction of sp³-hybridized carbons (Fsp3) is 0.677. The normalized spacial score (nSPS) is 12.8. The minimum atomic E-state index is -4.09. The number of nitrogens with one attached hydrogen (secondary N) is 1. The zero-order chi connectivity index (χ0) is 33.4. The number of ether oxygens (including phenoxy) is 2. The molecule has 12 nitrogen and oxygen atoms in total. The summed E-state index contributed by atoms with van der Waals surface area (Å²) >= 11 is 0. The highest BCUT2D eigenvalue weighted by Gasteiger charge is 2.28. The quantitative estimate of drug-likeness (QED) is 0.0122. The van der Waals surface area contributed by atoms with E-state index in [0.29, 0.717) is 12.8 Å². The third-order valence-corrected chi connectivity index (χ3v) is 7.36. The van der Waals surface area contributed by atoms with Gasteiger partial charge in [-0.1, -0.05) is 75.4 Å². The standard InChI is InChI=1S/C31H46BN4O8P/c1-4-7-9-11-12-13-14-16-18-20-30(37)44-29(19-17-15-10-8-5-2)21-24-40-26-28(35-36-33)27-43-45(39,41-23-6-3)42-25-22-34-31(32)38/h2,6,28-29H,3-4,7,9,11-14,16,18-27H2,1H3,(H,34,38)/t28-,29-,45?/m1/s1. The molecule has 1 N–H and O–H groups in total. The Morgan fingerprint density at radius 1 is 1.04 bits per heavy atom. The Morgan fingerprint density at radius 3 is 2.40 bits per heavy atom. The first-order chi connectivity index (χ1) is 21.8. The molecule has 0 aromatic carbocycles. The molecule has 0 aliphatic heterocycles. The topological polar surface area (TPSA) is 158 Å². The first-order valence-electron chi connectivity index (χ1n) is 15.2. The van der Waals surface area contributed by atoms with E-state index >= 15 is 0 Å². The van der Waals surface area contributed by atoms with Crippen LogP contribution < -0.4 is 5.32 Å². The summed E-state index contributed by atoms with van der Waals surface area (Å²) in [5.41, 5.74) is 8.95. The fourth-order valence-electron chi connectivity index (χ4n) is 3.69. The molecule has 45 heavy (non-hydrogen) atoms. The van der Waals surface area contributed by atoms with Crippen LogP contribution >= 0.6 is 7.82 Å². The Balaban J connectivity index is 4.83. The lowest BCUT2D eigenvalue weighted by molar-refractivity contribution is -0.149. The van der Waals surface area contributed by atoms with Crippen molar-refractivity contribution in [2.24, 2.45) is 5.11 Å². The van der Waals surface area contributed by atoms with E-state index in [9.17, 15) is 14.2 Å². The van der Waals surface area contributed by atoms with Crippen LogP contribution in [0.5, 0.6) is 0 Å². The first kappa shape index (κ1) is 41.8. The van der Waals surface area contributed by atoms with Crippen LogP contribution in [0.3, 0.4) is 0 Å². The van der Waals surface area contributed by atoms with Crippen molar-refractivity contribution >= 4 is 27.4 Å². The fourth-order valence-corrected chi connectivity index (χ4v) is 4.87. The number of phosphoric acid groups is 1. The van der Waals surface area contributed by atoms with Gasteiger partial charge in [-0.2, -0.15) is 0 Å². The molecule has 0 aromatic rings. The molecule has 0 saturated heterocycles. The van der Waals surface area contributed by atoms with Crippen LogP contribution in [-0.4, -0.2) is 71.3 Å². The van der Waals surface area contributed by atoms with Crippen LogP contribution in [-0.2, 0) is 32.4 Å². The number of carbonyl (C=O) groups excluding carboxylic acids is 2. The average molecular weight is 645 g/mol. The van der Waals surface area contributed by atoms with Crippen molar-refractivity contribution in [1.82, 2.24) is 5.32 Å². The summed E-state index contributed by atoms with van der Waals surface area (Å²) in [7, 11) is 0.905. The van der Waals surface area contributed by atoms with Crippen LogP contribution in [0.25, 0.3) is 10.4 Å². The molecule has 0 aliphatic rings. The van der Waals surface area contributed by atoms with Crippen LogP contribution in [0.1, 0.15) is 84.0 Å². The maximum atomic E-state index is 12.9. The predicted octanol–water partition coefficient (Wildman–Crippen LogP) is 6.16. The number of hydrogen-bond donors (Lipinski definition) is 1. The SMILES string of the molecule is [B]C(=O)NCCOP(=O)(OCC=C)OC[C@@H](COCC[C@@H](CC#CC#CC#C)OC(=O)CCCCCCCCCCC)N=[N+]=[N-]. The molecular weight excluding hydrogens is 598 g/mol. The molecule has 0 spiro atoms. The van der Waals surface area contributed by atoms with E-state index in [2.05, 4.69) is 58.4 Å². The number of unbranched alkanes of at least 4 members (excludes halogenated alkanes) is 8. The summed E-state index contributed by atoms with van der Waals surface area (Å²) in [4.78, 5) is 26.1. The van der Waals surface area contributed by atoms with Gasteiger partial charge in [0.1, 0.15) is 6.10 Å². The summed E-state index contributed by atoms with van der Waals surface area (Å²) in [6.45, 7) is 5.01. The van der Waals surface area contributed by atoms with E-state index in [1.807, 2.05) is 0 Å². The van der Waals surface area contributed by atoms with Crippen molar-refractivity contribution in [2.45, 2.75) is 96.1 Å². The number of rotatable bonds is 28. The van der Waals surface area contributed by atoms with Crippen LogP contribution in [0.4, 0.5) is 4.79 Å². The molecule has 1 unspecified atom stereocenters. The van der Waals surface area contributed by atoms with Crippen molar-refractivity contribution in [2.75, 3.05) is 39.6 Å². The van der Waals surface area contributed by atoms with E-state index in [1.165, 1.54) is 44.6 Å². The number of nitrogens with zero attached hydrogens (tertiary/aromatic N) is 3. The predicted molar refractivity (Wildman–Crippen MR) is 174 cm³/mol. The highest BCUT2D eigenvalue weighted by Crippen LogP contribution is 2.49. The van der Waals surface area contributed by atoms with Crippen molar-refractivity contribution in [3.63, 3.8) is 0 Å². The second-order valence-corrected chi connectivity index (χ2v) is 11.4. The third kappa shape index (κ3) is 26.9. The van der Waals surface area contributed by atoms with Crippen LogP contribution in [0.15, 0.2) is 17.8 Å². The van der Waals surface area contributed by atoms with Crippen LogP contribution in [0.2, 0.25) is 0 Å². The molecular formula is C31H46BN4O8P. The second-order valence-electron chi connectivity index (χ2n) is 9.76. The number of amides is 1. The first-order valence-corrected chi connectivity index (χ1v) is 16.7. The van der Waals surface area contributed by atoms with Gasteiger partial charge >= 0.3 is 13.8 Å². The zero-order valence-electron chi connectivity index (χ0n) is 26.4. The molecule has 2 radical (unpaired) electrons. The zero-order valence-corrected chi connectivity index (χ0v) is 27.3. The maximum Gasteiger partial charge on any atom is 0.475 e. The van der Waals surface area contributed by atoms with Crippen molar-refractivity contribution < 1.29 is 37.2 Å². The lowest BCUT2D eigenvalue weighted by atomic mass is 10.1. The van der Waals surface area contributed by atoms with Gasteiger partial charge in [-0.15, -0.1) is 13.0 Å². The number of terminal acetylenes is 1. The summed E-state index contributed by atoms with van der Waals surface area (Å²) in [5.74, 6) is 11.5. The number of esters is 1. The second kappa shape index (κ2) is 29.5. The molecule has 0 aliphatic carbocycles. The Kier molecular flexibility index (Phi) is 27.4. The lowest BCUT2D eigenvalue weighted by Gasteiger charge is -2.20. The van der Waals surface area contributed by atoms with Crippen LogP contribution in [0, 0.1) is 36.0 Å². The molecule has 1 amide bonds. The molecule has 0 rings (SSSR count). The molecule has 0 saturated carbocycles. The molecule has 14 heteroatoms. The van der Waals surface area contributed by atoms with Gasteiger partial charge < -0.3 is 14.8 Å². The van der Waals surface area contributed by atoms with E-state index in [0.717, 1.165) is 19.3 Å². The molecule has 0 heterocycles. The number of azide groups is 1. The Bertz CT molecular complexity index is 1120. The molecule has 0 bridgehead atoms. The van der Waals surface area contributed by atoms with Crippen molar-refractivity contribution in [3.05, 3.63) is 23.1 Å². The minimum Gasteiger partial charge on any atom is -0.461 e. The minimum absolute atomic E-state index is 0.0329. The molecule has 0 aromatic heterocycles. The number of phosphoric ester groups is 1. The van der Waals surface area contributed by atoms with E-state index in [4.69, 9.17) is 42.8 Å². The molecule has 0 fully saturated rings. The molecule has 3 atom stereocenters. The Labute approximate surface area is 269 Å². The van der Waals surface area contributed by atoms with Gasteiger partial charge in [-0.25, -0.2) is 4.57 Å². The van der Waals surface area contributed by atoms with Gasteiger partial charge in [-0.3, -0.25) is 23.2 Å². The summed E-state index contributed by atoms with van der Waals surface area (Å²) < 4.78 is 39.8. The highest BCUT2D eigenvalue weighted by molar-refractivity contribution is 7.48. The third-order valence-electron chi connectivity index (χ3n) is 5.93. The maximum absolute atomic E-state index is 12.9. The van der Waals surface area contributed by atoms with Gasteiger partial charge in [0.25, 0.3) is 0 Å². The van der Waals surface area contributed by atoms with Gasteiger partial charge in [0, 0.05) is 30.7 Å². The highest BCUT2D eigenvalue weighted by atomic mass is 31.2. The Hall–Kier alpha value is -3.20. The van der Waals surface area contributed by atoms with E-state index in [-0.39, 0.29) is 52.0 Å². The number of carbonyl (C=O) groups is 2. The van der Waals surface area contributed by atoms with Gasteiger partial charge in [0.05, 0.1) is 39.1 Å². The monoisotopic (exact) mass is 644 g/mol. The van der Waals surface area contributed by atoms with Gasteiger partial charge in [-0.05, 0) is 35.6 Å². The Morgan fingerprint density at radius 2 is 1.76 bits per heavy atom. The van der Waals surface area contributed by atoms with Gasteiger partial charge in [0.2, 0.25) is 0 Å². The lowest BCUT2D eigenvalue weighted by Crippen LogP contribution is -2.26. The van der Waals surface area contributed by atoms with Gasteiger partial charge in [0.15, 0.2) is 13.7 Å². The molecule has 246 valence electrons.